The number of halogens is 2. The number of hydrogen-bond donors (Lipinski definition) is 1. The number of hydrogen-bond acceptors (Lipinski definition) is 3. The minimum absolute atomic E-state index is 0.0171. The summed E-state index contributed by atoms with van der Waals surface area (Å²) in [6, 6.07) is 9.74. The van der Waals surface area contributed by atoms with E-state index in [2.05, 4.69) is 0 Å². The van der Waals surface area contributed by atoms with Gasteiger partial charge in [-0.3, -0.25) is 0 Å². The van der Waals surface area contributed by atoms with E-state index in [0.29, 0.717) is 5.56 Å². The van der Waals surface area contributed by atoms with Gasteiger partial charge in [0.2, 0.25) is 0 Å². The van der Waals surface area contributed by atoms with Crippen LogP contribution in [-0.4, -0.2) is 19.5 Å². The predicted molar refractivity (Wildman–Crippen MR) is 80.8 cm³/mol. The average molecular weight is 345 g/mol. The van der Waals surface area contributed by atoms with E-state index in [9.17, 15) is 13.2 Å². The first-order valence-electron chi connectivity index (χ1n) is 5.80. The first kappa shape index (κ1) is 15.8. The molecule has 1 N–H and O–H groups in total. The van der Waals surface area contributed by atoms with Crippen molar-refractivity contribution in [1.29, 1.82) is 0 Å². The molecule has 0 aliphatic rings. The highest BCUT2D eigenvalue weighted by Gasteiger charge is 2.19. The molecular weight excluding hydrogens is 335 g/mol. The third-order valence-corrected chi connectivity index (χ3v) is 5.22. The zero-order valence-electron chi connectivity index (χ0n) is 10.6. The van der Waals surface area contributed by atoms with E-state index in [1.54, 1.807) is 18.2 Å². The van der Waals surface area contributed by atoms with Crippen molar-refractivity contribution in [2.24, 2.45) is 0 Å². The molecule has 0 unspecified atom stereocenters. The van der Waals surface area contributed by atoms with Crippen LogP contribution in [0.2, 0.25) is 10.0 Å². The molecule has 0 aromatic heterocycles. The zero-order valence-corrected chi connectivity index (χ0v) is 12.9. The van der Waals surface area contributed by atoms with Crippen LogP contribution in [0.15, 0.2) is 47.4 Å². The fraction of sp³-hybridized carbons (Fsp3) is 0.0714. The van der Waals surface area contributed by atoms with E-state index in [0.717, 1.165) is 0 Å². The summed E-state index contributed by atoms with van der Waals surface area (Å²) in [5, 5.41) is 9.35. The number of aromatic carboxylic acids is 1. The van der Waals surface area contributed by atoms with Crippen LogP contribution in [0, 0.1) is 0 Å². The lowest BCUT2D eigenvalue weighted by molar-refractivity contribution is 0.0696. The quantitative estimate of drug-likeness (QED) is 0.918. The van der Waals surface area contributed by atoms with E-state index < -0.39 is 15.8 Å². The molecule has 0 bridgehead atoms. The van der Waals surface area contributed by atoms with Gasteiger partial charge < -0.3 is 5.11 Å². The first-order chi connectivity index (χ1) is 9.81. The van der Waals surface area contributed by atoms with Crippen molar-refractivity contribution >= 4 is 39.0 Å². The Morgan fingerprint density at radius 3 is 2.00 bits per heavy atom. The molecule has 7 heteroatoms. The summed E-state index contributed by atoms with van der Waals surface area (Å²) < 4.78 is 24.6. The lowest BCUT2D eigenvalue weighted by Gasteiger charge is -2.08. The maximum atomic E-state index is 12.3. The van der Waals surface area contributed by atoms with Crippen LogP contribution >= 0.6 is 23.2 Å². The van der Waals surface area contributed by atoms with E-state index in [1.807, 2.05) is 0 Å². The number of rotatable bonds is 4. The van der Waals surface area contributed by atoms with Crippen molar-refractivity contribution in [3.63, 3.8) is 0 Å². The van der Waals surface area contributed by atoms with Crippen molar-refractivity contribution in [3.8, 4) is 0 Å². The molecule has 0 saturated heterocycles. The normalized spacial score (nSPS) is 11.3. The van der Waals surface area contributed by atoms with Crippen molar-refractivity contribution in [1.82, 2.24) is 0 Å². The largest absolute Gasteiger partial charge is 0.478 e. The number of carboxylic acids is 1. The first-order valence-corrected chi connectivity index (χ1v) is 8.21. The Morgan fingerprint density at radius 1 is 1.00 bits per heavy atom. The highest BCUT2D eigenvalue weighted by molar-refractivity contribution is 7.90. The van der Waals surface area contributed by atoms with Gasteiger partial charge in [-0.15, -0.1) is 0 Å². The van der Waals surface area contributed by atoms with Gasteiger partial charge in [0.05, 0.1) is 16.2 Å². The molecule has 0 aliphatic carbocycles. The van der Waals surface area contributed by atoms with Crippen LogP contribution in [0.3, 0.4) is 0 Å². The van der Waals surface area contributed by atoms with Gasteiger partial charge in [0.1, 0.15) is 0 Å². The second-order valence-electron chi connectivity index (χ2n) is 4.29. The van der Waals surface area contributed by atoms with Crippen molar-refractivity contribution in [3.05, 3.63) is 63.6 Å². The molecule has 21 heavy (non-hydrogen) atoms. The number of sulfone groups is 1. The minimum Gasteiger partial charge on any atom is -0.478 e. The fourth-order valence-corrected chi connectivity index (χ4v) is 3.85. The second-order valence-corrected chi connectivity index (χ2v) is 7.09. The van der Waals surface area contributed by atoms with Gasteiger partial charge >= 0.3 is 5.97 Å². The molecule has 0 saturated carbocycles. The van der Waals surface area contributed by atoms with Gasteiger partial charge in [-0.1, -0.05) is 29.3 Å². The van der Waals surface area contributed by atoms with Gasteiger partial charge in [0.15, 0.2) is 9.84 Å². The molecule has 0 spiro atoms. The van der Waals surface area contributed by atoms with Gasteiger partial charge in [-0.2, -0.15) is 0 Å². The Hall–Kier alpha value is -1.56. The fourth-order valence-electron chi connectivity index (χ4n) is 1.75. The smallest absolute Gasteiger partial charge is 0.335 e. The summed E-state index contributed by atoms with van der Waals surface area (Å²) in [7, 11) is -3.66. The van der Waals surface area contributed by atoms with Crippen LogP contribution in [0.5, 0.6) is 0 Å². The Morgan fingerprint density at radius 2 is 1.52 bits per heavy atom. The Labute approximate surface area is 131 Å². The Kier molecular flexibility index (Phi) is 4.56. The predicted octanol–water partition coefficient (Wildman–Crippen LogP) is 3.67. The molecule has 2 aromatic rings. The van der Waals surface area contributed by atoms with Gasteiger partial charge in [-0.25, -0.2) is 13.2 Å². The van der Waals surface area contributed by atoms with Crippen molar-refractivity contribution in [2.45, 2.75) is 10.6 Å². The van der Waals surface area contributed by atoms with Crippen LogP contribution in [0.25, 0.3) is 0 Å². The zero-order chi connectivity index (χ0) is 15.6. The molecule has 2 aromatic carbocycles. The highest BCUT2D eigenvalue weighted by atomic mass is 35.5. The molecule has 110 valence electrons. The Balaban J connectivity index is 2.36. The number of carboxylic acid groups (broad SMARTS) is 1. The highest BCUT2D eigenvalue weighted by Crippen LogP contribution is 2.28. The maximum absolute atomic E-state index is 12.3. The van der Waals surface area contributed by atoms with Crippen LogP contribution in [-0.2, 0) is 15.6 Å². The molecular formula is C14H10Cl2O4S. The lowest BCUT2D eigenvalue weighted by atomic mass is 10.2. The third-order valence-electron chi connectivity index (χ3n) is 2.86. The summed E-state index contributed by atoms with van der Waals surface area (Å²) >= 11 is 11.9. The van der Waals surface area contributed by atoms with Crippen molar-refractivity contribution in [2.75, 3.05) is 0 Å². The van der Waals surface area contributed by atoms with E-state index >= 15 is 0 Å². The maximum Gasteiger partial charge on any atom is 0.335 e. The average Bonchev–Trinajstić information content (AvgIpc) is 2.43. The summed E-state index contributed by atoms with van der Waals surface area (Å²) in [6.45, 7) is 0. The molecule has 0 atom stereocenters. The topological polar surface area (TPSA) is 71.4 Å². The van der Waals surface area contributed by atoms with E-state index in [1.165, 1.54) is 24.3 Å². The summed E-state index contributed by atoms with van der Waals surface area (Å²) in [6.07, 6.45) is 0. The monoisotopic (exact) mass is 344 g/mol. The number of benzene rings is 2. The molecule has 0 aliphatic heterocycles. The standard InChI is InChI=1S/C14H10Cl2O4S/c15-12-2-1-3-13(16)11(12)8-21(19,20)10-6-4-9(5-7-10)14(17)18/h1-7H,8H2,(H,17,18). The molecule has 0 fully saturated rings. The summed E-state index contributed by atoms with van der Waals surface area (Å²) in [5.74, 6) is -1.47. The minimum atomic E-state index is -3.66. The molecule has 0 amide bonds. The third kappa shape index (κ3) is 3.56. The van der Waals surface area contributed by atoms with Crippen LogP contribution in [0.4, 0.5) is 0 Å². The van der Waals surface area contributed by atoms with E-state index in [-0.39, 0.29) is 26.3 Å². The molecule has 2 rings (SSSR count). The summed E-state index contributed by atoms with van der Waals surface area (Å²) in [4.78, 5) is 10.8. The SMILES string of the molecule is O=C(O)c1ccc(S(=O)(=O)Cc2c(Cl)cccc2Cl)cc1. The molecule has 4 nitrogen and oxygen atoms in total. The van der Waals surface area contributed by atoms with Crippen molar-refractivity contribution < 1.29 is 18.3 Å². The van der Waals surface area contributed by atoms with E-state index in [4.69, 9.17) is 28.3 Å². The lowest BCUT2D eigenvalue weighted by Crippen LogP contribution is -2.06. The second kappa shape index (κ2) is 6.05. The Bertz CT molecular complexity index is 763. The molecule has 0 radical (unpaired) electrons. The summed E-state index contributed by atoms with van der Waals surface area (Å²) in [5.41, 5.74) is 0.341. The van der Waals surface area contributed by atoms with Gasteiger partial charge in [-0.05, 0) is 36.4 Å². The number of carbonyl (C=O) groups is 1. The van der Waals surface area contributed by atoms with Crippen LogP contribution < -0.4 is 0 Å². The van der Waals surface area contributed by atoms with Gasteiger partial charge in [0.25, 0.3) is 0 Å². The van der Waals surface area contributed by atoms with Crippen LogP contribution in [0.1, 0.15) is 15.9 Å². The molecule has 0 heterocycles. The van der Waals surface area contributed by atoms with Gasteiger partial charge in [0, 0.05) is 15.6 Å².